The van der Waals surface area contributed by atoms with Crippen molar-refractivity contribution in [1.82, 2.24) is 0 Å². The van der Waals surface area contributed by atoms with Crippen LogP contribution in [0.1, 0.15) is 0 Å². The minimum absolute atomic E-state index is 0. The van der Waals surface area contributed by atoms with Gasteiger partial charge in [-0.15, -0.1) is 0 Å². The topological polar surface area (TPSA) is 46.1 Å². The summed E-state index contributed by atoms with van der Waals surface area (Å²) >= 11 is 0. The molecular formula is HMgO2P. The van der Waals surface area contributed by atoms with Gasteiger partial charge in [-0.3, -0.25) is 0 Å². The molecule has 2 nitrogen and oxygen atoms in total. The molecule has 4 heteroatoms. The molecule has 0 N–H and O–H groups in total. The van der Waals surface area contributed by atoms with E-state index in [1.165, 1.54) is 0 Å². The zero-order chi connectivity index (χ0) is 2.71. The summed E-state index contributed by atoms with van der Waals surface area (Å²) in [5.74, 6) is 0. The molecule has 0 aromatic heterocycles. The van der Waals surface area contributed by atoms with Crippen LogP contribution in [0, 0.1) is 0 Å². The first-order valence-electron chi connectivity index (χ1n) is 0.408. The van der Waals surface area contributed by atoms with Crippen LogP contribution in [0.4, 0.5) is 0 Å². The van der Waals surface area contributed by atoms with Crippen molar-refractivity contribution in [2.24, 2.45) is 0 Å². The number of hydrogen-bond acceptors (Lipinski definition) is 2. The smallest absolute Gasteiger partial charge is 0.844 e. The summed E-state index contributed by atoms with van der Waals surface area (Å²) in [6.07, 6.45) is 0. The molecule has 0 unspecified atom stereocenters. The van der Waals surface area contributed by atoms with Gasteiger partial charge in [0.25, 0.3) is 0 Å². The van der Waals surface area contributed by atoms with Crippen LogP contribution in [-0.4, -0.2) is 23.1 Å². The molecular weight excluding hydrogens is 87.3 g/mol. The number of rotatable bonds is 0. The predicted octanol–water partition coefficient (Wildman–Crippen LogP) is -2.17. The fourth-order valence-electron chi connectivity index (χ4n) is 0. The molecule has 0 aliphatic heterocycles. The zero-order valence-corrected chi connectivity index (χ0v) is 4.44. The molecule has 0 aliphatic carbocycles. The van der Waals surface area contributed by atoms with Gasteiger partial charge in [0.15, 0.2) is 0 Å². The van der Waals surface area contributed by atoms with Gasteiger partial charge in [0.2, 0.25) is 0 Å². The van der Waals surface area contributed by atoms with E-state index in [-0.39, 0.29) is 23.1 Å². The van der Waals surface area contributed by atoms with E-state index >= 15 is 0 Å². The van der Waals surface area contributed by atoms with Crippen molar-refractivity contribution in [3.05, 3.63) is 0 Å². The minimum Gasteiger partial charge on any atom is -0.844 e. The first-order chi connectivity index (χ1) is 1.41. The summed E-state index contributed by atoms with van der Waals surface area (Å²) in [6, 6.07) is 0. The fraction of sp³-hybridized carbons (Fsp3) is 0. The van der Waals surface area contributed by atoms with Gasteiger partial charge in [-0.25, -0.2) is 0 Å². The summed E-state index contributed by atoms with van der Waals surface area (Å²) in [7, 11) is -1.42. The second-order valence-electron chi connectivity index (χ2n) is 0.0833. The van der Waals surface area contributed by atoms with E-state index in [1.807, 2.05) is 0 Å². The van der Waals surface area contributed by atoms with Crippen LogP contribution in [-0.2, 0) is 0 Å². The maximum atomic E-state index is 8.40. The quantitative estimate of drug-likeness (QED) is 0.250. The predicted molar refractivity (Wildman–Crippen MR) is 14.1 cm³/mol. The molecule has 20 valence electrons. The Morgan fingerprint density at radius 2 is 1.25 bits per heavy atom. The van der Waals surface area contributed by atoms with Crippen LogP contribution < -0.4 is 9.79 Å². The van der Waals surface area contributed by atoms with E-state index in [4.69, 9.17) is 9.79 Å². The van der Waals surface area contributed by atoms with Crippen molar-refractivity contribution in [1.29, 1.82) is 0 Å². The molecule has 0 amide bonds. The molecule has 0 fully saturated rings. The number of hydrogen-bond donors (Lipinski definition) is 0. The molecule has 0 spiro atoms. The summed E-state index contributed by atoms with van der Waals surface area (Å²) in [5, 5.41) is 0. The molecule has 0 aliphatic rings. The van der Waals surface area contributed by atoms with Crippen molar-refractivity contribution in [2.45, 2.75) is 0 Å². The fourth-order valence-corrected chi connectivity index (χ4v) is 0. The van der Waals surface area contributed by atoms with Crippen LogP contribution in [0.3, 0.4) is 0 Å². The molecule has 0 atom stereocenters. The monoisotopic (exact) mass is 88.0 g/mol. The van der Waals surface area contributed by atoms with E-state index in [0.29, 0.717) is 0 Å². The summed E-state index contributed by atoms with van der Waals surface area (Å²) in [5.41, 5.74) is 0. The van der Waals surface area contributed by atoms with Crippen molar-refractivity contribution in [3.63, 3.8) is 0 Å². The van der Waals surface area contributed by atoms with Crippen molar-refractivity contribution in [2.75, 3.05) is 0 Å². The normalized spacial score (nSPS) is 4.50. The van der Waals surface area contributed by atoms with Gasteiger partial charge < -0.3 is 18.8 Å². The maximum Gasteiger partial charge on any atom is 2.00 e. The van der Waals surface area contributed by atoms with Gasteiger partial charge in [0, 0.05) is 0 Å². The third kappa shape index (κ3) is 11.2. The second kappa shape index (κ2) is 8.93. The van der Waals surface area contributed by atoms with Crippen LogP contribution in [0.2, 0.25) is 0 Å². The molecule has 4 heavy (non-hydrogen) atoms. The molecule has 0 radical (unpaired) electrons. The van der Waals surface area contributed by atoms with Gasteiger partial charge in [-0.1, -0.05) is 0 Å². The van der Waals surface area contributed by atoms with Gasteiger partial charge in [0.1, 0.15) is 0 Å². The van der Waals surface area contributed by atoms with E-state index < -0.39 is 9.03 Å². The Kier molecular flexibility index (Phi) is 19.9. The molecule has 0 aromatic carbocycles. The Labute approximate surface area is 42.3 Å². The molecule has 0 bridgehead atoms. The van der Waals surface area contributed by atoms with Gasteiger partial charge in [0.05, 0.1) is 0 Å². The first kappa shape index (κ1) is 8.93. The average Bonchev–Trinajstić information content (AvgIpc) is 0.918. The van der Waals surface area contributed by atoms with Crippen LogP contribution in [0.15, 0.2) is 0 Å². The Balaban J connectivity index is 0. The zero-order valence-electron chi connectivity index (χ0n) is 2.02. The maximum absolute atomic E-state index is 8.40. The third-order valence-corrected chi connectivity index (χ3v) is 0. The largest absolute Gasteiger partial charge is 2.00 e. The van der Waals surface area contributed by atoms with E-state index in [0.717, 1.165) is 0 Å². The second-order valence-corrected chi connectivity index (χ2v) is 0.250. The SMILES string of the molecule is [Mg+2].[O-]P[O-]. The standard InChI is InChI=1S/Mg.HO2P/c;1-3-2/h;3H/q+2;-2. The van der Waals surface area contributed by atoms with E-state index in [9.17, 15) is 0 Å². The van der Waals surface area contributed by atoms with Crippen molar-refractivity contribution >= 4 is 32.1 Å². The van der Waals surface area contributed by atoms with Gasteiger partial charge in [-0.2, -0.15) is 0 Å². The Bertz CT molecular complexity index is 6.00. The first-order valence-corrected chi connectivity index (χ1v) is 1.22. The Morgan fingerprint density at radius 3 is 1.25 bits per heavy atom. The molecule has 0 saturated heterocycles. The van der Waals surface area contributed by atoms with Crippen LogP contribution in [0.5, 0.6) is 0 Å². The molecule has 0 saturated carbocycles. The minimum atomic E-state index is -1.42. The van der Waals surface area contributed by atoms with E-state index in [2.05, 4.69) is 0 Å². The van der Waals surface area contributed by atoms with Gasteiger partial charge in [-0.05, 0) is 0 Å². The van der Waals surface area contributed by atoms with E-state index in [1.54, 1.807) is 0 Å². The van der Waals surface area contributed by atoms with Gasteiger partial charge >= 0.3 is 23.1 Å². The van der Waals surface area contributed by atoms with Crippen molar-refractivity contribution < 1.29 is 9.79 Å². The summed E-state index contributed by atoms with van der Waals surface area (Å²) in [6.45, 7) is 0. The van der Waals surface area contributed by atoms with Crippen LogP contribution >= 0.6 is 9.03 Å². The third-order valence-electron chi connectivity index (χ3n) is 0. The molecule has 0 heterocycles. The van der Waals surface area contributed by atoms with Crippen LogP contribution in [0.25, 0.3) is 0 Å². The van der Waals surface area contributed by atoms with Crippen molar-refractivity contribution in [3.8, 4) is 0 Å². The Morgan fingerprint density at radius 1 is 1.25 bits per heavy atom. The molecule has 0 aromatic rings. The summed E-state index contributed by atoms with van der Waals surface area (Å²) in [4.78, 5) is 16.8. The Hall–Kier alpha value is 1.12. The average molecular weight is 88.3 g/mol. The molecule has 0 rings (SSSR count). The summed E-state index contributed by atoms with van der Waals surface area (Å²) < 4.78 is 0.